The summed E-state index contributed by atoms with van der Waals surface area (Å²) in [6, 6.07) is 13.3. The van der Waals surface area contributed by atoms with Crippen LogP contribution in [0.5, 0.6) is 0 Å². The van der Waals surface area contributed by atoms with Gasteiger partial charge in [-0.1, -0.05) is 30.7 Å². The van der Waals surface area contributed by atoms with E-state index in [0.717, 1.165) is 17.8 Å². The number of rotatable bonds is 3. The summed E-state index contributed by atoms with van der Waals surface area (Å²) in [7, 11) is 2.27. The van der Waals surface area contributed by atoms with Gasteiger partial charge in [0, 0.05) is 52.6 Å². The molecule has 5 rings (SSSR count). The van der Waals surface area contributed by atoms with Crippen molar-refractivity contribution >= 4 is 10.9 Å². The lowest BCUT2D eigenvalue weighted by Gasteiger charge is -2.37. The molecule has 1 aliphatic heterocycles. The summed E-state index contributed by atoms with van der Waals surface area (Å²) >= 11 is 0. The fourth-order valence-electron chi connectivity index (χ4n) is 5.49. The first-order chi connectivity index (χ1) is 13.5. The van der Waals surface area contributed by atoms with Crippen molar-refractivity contribution in [3.63, 3.8) is 0 Å². The van der Waals surface area contributed by atoms with Crippen molar-refractivity contribution in [2.24, 2.45) is 0 Å². The molecule has 3 heterocycles. The minimum absolute atomic E-state index is 0.556. The molecule has 0 bridgehead atoms. The van der Waals surface area contributed by atoms with Gasteiger partial charge in [0.1, 0.15) is 5.60 Å². The summed E-state index contributed by atoms with van der Waals surface area (Å²) in [5, 5.41) is 12.8. The number of para-hydroxylation sites is 1. The second-order valence-electron chi connectivity index (χ2n) is 8.95. The monoisotopic (exact) mass is 375 g/mol. The Morgan fingerprint density at radius 1 is 1.18 bits per heavy atom. The predicted molar refractivity (Wildman–Crippen MR) is 112 cm³/mol. The maximum Gasteiger partial charge on any atom is 0.106 e. The first kappa shape index (κ1) is 17.9. The SMILES string of the molecule is Cc1ccc(C(C)(O)Cn2c3c(c4ccccc42)CN(C)C2CCCC32)cn1. The van der Waals surface area contributed by atoms with Gasteiger partial charge in [0.25, 0.3) is 0 Å². The number of aromatic nitrogens is 2. The Bertz CT molecular complexity index is 1020. The molecular weight excluding hydrogens is 346 g/mol. The molecule has 0 saturated heterocycles. The lowest BCUT2D eigenvalue weighted by atomic mass is 9.89. The molecule has 1 aromatic carbocycles. The fourth-order valence-corrected chi connectivity index (χ4v) is 5.49. The van der Waals surface area contributed by atoms with E-state index in [1.165, 1.54) is 41.4 Å². The van der Waals surface area contributed by atoms with E-state index in [1.54, 1.807) is 0 Å². The Labute approximate surface area is 166 Å². The average molecular weight is 376 g/mol. The minimum Gasteiger partial charge on any atom is -0.384 e. The number of nitrogens with zero attached hydrogens (tertiary/aromatic N) is 3. The Morgan fingerprint density at radius 2 is 2.00 bits per heavy atom. The molecule has 4 nitrogen and oxygen atoms in total. The fraction of sp³-hybridized carbons (Fsp3) is 0.458. The number of likely N-dealkylation sites (N-methyl/N-ethyl adjacent to an activating group) is 1. The highest BCUT2D eigenvalue weighted by molar-refractivity contribution is 5.86. The number of aryl methyl sites for hydroxylation is 1. The Hall–Kier alpha value is -2.17. The standard InChI is InChI=1S/C24H29N3O/c1-16-11-12-17(13-25-16)24(2,28)15-27-22-9-5-4-7-18(22)20-14-26(3)21-10-6-8-19(21)23(20)27/h4-5,7,9,11-13,19,21,28H,6,8,10,14-15H2,1-3H3. The second kappa shape index (κ2) is 6.43. The molecular formula is C24H29N3O. The van der Waals surface area contributed by atoms with Gasteiger partial charge in [-0.3, -0.25) is 9.88 Å². The van der Waals surface area contributed by atoms with E-state index in [1.807, 2.05) is 32.2 Å². The minimum atomic E-state index is -0.965. The van der Waals surface area contributed by atoms with Crippen LogP contribution >= 0.6 is 0 Å². The third-order valence-electron chi connectivity index (χ3n) is 6.92. The molecule has 2 aromatic heterocycles. The van der Waals surface area contributed by atoms with E-state index >= 15 is 0 Å². The molecule has 3 unspecified atom stereocenters. The van der Waals surface area contributed by atoms with Crippen LogP contribution in [0.15, 0.2) is 42.6 Å². The van der Waals surface area contributed by atoms with Gasteiger partial charge in [-0.05, 0) is 51.4 Å². The molecule has 1 fully saturated rings. The van der Waals surface area contributed by atoms with Crippen LogP contribution in [-0.4, -0.2) is 32.6 Å². The van der Waals surface area contributed by atoms with Gasteiger partial charge in [0.2, 0.25) is 0 Å². The zero-order chi connectivity index (χ0) is 19.5. The third kappa shape index (κ3) is 2.70. The van der Waals surface area contributed by atoms with Crippen LogP contribution in [0.2, 0.25) is 0 Å². The number of benzene rings is 1. The van der Waals surface area contributed by atoms with Crippen molar-refractivity contribution in [1.29, 1.82) is 0 Å². The van der Waals surface area contributed by atoms with Crippen LogP contribution in [0.3, 0.4) is 0 Å². The van der Waals surface area contributed by atoms with Crippen LogP contribution in [0.1, 0.15) is 54.6 Å². The molecule has 1 aliphatic carbocycles. The van der Waals surface area contributed by atoms with E-state index < -0.39 is 5.60 Å². The largest absolute Gasteiger partial charge is 0.384 e. The summed E-state index contributed by atoms with van der Waals surface area (Å²) in [4.78, 5) is 6.95. The Kier molecular flexibility index (Phi) is 4.11. The second-order valence-corrected chi connectivity index (χ2v) is 8.95. The highest BCUT2D eigenvalue weighted by atomic mass is 16.3. The van der Waals surface area contributed by atoms with Gasteiger partial charge < -0.3 is 9.67 Å². The molecule has 3 aromatic rings. The molecule has 2 aliphatic rings. The van der Waals surface area contributed by atoms with E-state index in [0.29, 0.717) is 18.5 Å². The van der Waals surface area contributed by atoms with Crippen LogP contribution in [-0.2, 0) is 18.7 Å². The third-order valence-corrected chi connectivity index (χ3v) is 6.92. The molecule has 1 saturated carbocycles. The normalized spacial score (nSPS) is 24.1. The van der Waals surface area contributed by atoms with Crippen molar-refractivity contribution in [3.05, 3.63) is 65.1 Å². The molecule has 0 spiro atoms. The summed E-state index contributed by atoms with van der Waals surface area (Å²) in [5.74, 6) is 0.563. The number of hydrogen-bond donors (Lipinski definition) is 1. The van der Waals surface area contributed by atoms with Crippen LogP contribution in [0.4, 0.5) is 0 Å². The zero-order valence-electron chi connectivity index (χ0n) is 17.0. The molecule has 4 heteroatoms. The van der Waals surface area contributed by atoms with E-state index in [-0.39, 0.29) is 0 Å². The van der Waals surface area contributed by atoms with Crippen molar-refractivity contribution < 1.29 is 5.11 Å². The number of hydrogen-bond acceptors (Lipinski definition) is 3. The van der Waals surface area contributed by atoms with Crippen LogP contribution < -0.4 is 0 Å². The predicted octanol–water partition coefficient (Wildman–Crippen LogP) is 4.33. The summed E-state index contributed by atoms with van der Waals surface area (Å²) < 4.78 is 2.42. The smallest absolute Gasteiger partial charge is 0.106 e. The summed E-state index contributed by atoms with van der Waals surface area (Å²) in [5.41, 5.74) is 5.05. The van der Waals surface area contributed by atoms with Crippen molar-refractivity contribution in [2.45, 2.75) is 63.8 Å². The van der Waals surface area contributed by atoms with Gasteiger partial charge >= 0.3 is 0 Å². The van der Waals surface area contributed by atoms with Gasteiger partial charge in [-0.25, -0.2) is 0 Å². The van der Waals surface area contributed by atoms with E-state index in [2.05, 4.69) is 45.8 Å². The van der Waals surface area contributed by atoms with Gasteiger partial charge in [0.05, 0.1) is 6.54 Å². The van der Waals surface area contributed by atoms with E-state index in [9.17, 15) is 5.11 Å². The Morgan fingerprint density at radius 3 is 2.79 bits per heavy atom. The maximum atomic E-state index is 11.4. The Balaban J connectivity index is 1.66. The zero-order valence-corrected chi connectivity index (χ0v) is 17.0. The van der Waals surface area contributed by atoms with Gasteiger partial charge in [-0.15, -0.1) is 0 Å². The number of aliphatic hydroxyl groups is 1. The molecule has 0 amide bonds. The average Bonchev–Trinajstić information content (AvgIpc) is 3.27. The van der Waals surface area contributed by atoms with Crippen LogP contribution in [0.25, 0.3) is 10.9 Å². The van der Waals surface area contributed by atoms with Crippen molar-refractivity contribution in [2.75, 3.05) is 7.05 Å². The summed E-state index contributed by atoms with van der Waals surface area (Å²) in [6.45, 7) is 5.45. The van der Waals surface area contributed by atoms with Crippen molar-refractivity contribution in [3.8, 4) is 0 Å². The first-order valence-electron chi connectivity index (χ1n) is 10.4. The summed E-state index contributed by atoms with van der Waals surface area (Å²) in [6.07, 6.45) is 5.63. The lowest BCUT2D eigenvalue weighted by Crippen LogP contribution is -2.39. The topological polar surface area (TPSA) is 41.3 Å². The lowest BCUT2D eigenvalue weighted by molar-refractivity contribution is 0.0373. The molecule has 3 atom stereocenters. The number of fused-ring (bicyclic) bond motifs is 5. The van der Waals surface area contributed by atoms with Gasteiger partial charge in [0.15, 0.2) is 0 Å². The quantitative estimate of drug-likeness (QED) is 0.741. The molecule has 28 heavy (non-hydrogen) atoms. The number of pyridine rings is 1. The van der Waals surface area contributed by atoms with E-state index in [4.69, 9.17) is 0 Å². The molecule has 146 valence electrons. The highest BCUT2D eigenvalue weighted by Crippen LogP contribution is 2.46. The van der Waals surface area contributed by atoms with Crippen molar-refractivity contribution in [1.82, 2.24) is 14.5 Å². The van der Waals surface area contributed by atoms with Gasteiger partial charge in [-0.2, -0.15) is 0 Å². The first-order valence-corrected chi connectivity index (χ1v) is 10.4. The highest BCUT2D eigenvalue weighted by Gasteiger charge is 2.41. The molecule has 0 radical (unpaired) electrons. The maximum absolute atomic E-state index is 11.4. The molecule has 1 N–H and O–H groups in total. The van der Waals surface area contributed by atoms with Crippen LogP contribution in [0, 0.1) is 6.92 Å².